The lowest BCUT2D eigenvalue weighted by molar-refractivity contribution is 0.133. The molecule has 0 amide bonds. The largest absolute Gasteiger partial charge is 0.477 e. The average molecular weight is 418 g/mol. The van der Waals surface area contributed by atoms with Gasteiger partial charge in [0, 0.05) is 30.7 Å². The van der Waals surface area contributed by atoms with Crippen molar-refractivity contribution >= 4 is 5.65 Å². The Hall–Kier alpha value is -3.26. The molecule has 0 unspecified atom stereocenters. The van der Waals surface area contributed by atoms with Crippen LogP contribution in [0.5, 0.6) is 5.88 Å². The Labute approximate surface area is 181 Å². The van der Waals surface area contributed by atoms with Crippen LogP contribution in [-0.4, -0.2) is 53.7 Å². The van der Waals surface area contributed by atoms with E-state index in [9.17, 15) is 0 Å². The highest BCUT2D eigenvalue weighted by Crippen LogP contribution is 2.21. The molecule has 0 atom stereocenters. The monoisotopic (exact) mass is 417 g/mol. The fraction of sp³-hybridized carbons (Fsp3) is 0.391. The van der Waals surface area contributed by atoms with Gasteiger partial charge in [0.15, 0.2) is 5.82 Å². The minimum Gasteiger partial charge on any atom is -0.477 e. The van der Waals surface area contributed by atoms with E-state index in [4.69, 9.17) is 9.72 Å². The minimum atomic E-state index is 0.532. The van der Waals surface area contributed by atoms with Gasteiger partial charge in [-0.15, -0.1) is 0 Å². The molecule has 0 aromatic carbocycles. The molecule has 0 radical (unpaired) electrons. The molecule has 4 aromatic heterocycles. The SMILES string of the molecule is Cc1cc(C)n(-c2cc(OCC3CCN(Cc4cn5ccccc5n4)CC3)ncn2)n1. The summed E-state index contributed by atoms with van der Waals surface area (Å²) in [6.45, 7) is 7.68. The summed E-state index contributed by atoms with van der Waals surface area (Å²) in [5.74, 6) is 1.87. The van der Waals surface area contributed by atoms with Crippen molar-refractivity contribution in [2.75, 3.05) is 19.7 Å². The van der Waals surface area contributed by atoms with Crippen LogP contribution in [0.15, 0.2) is 49.1 Å². The van der Waals surface area contributed by atoms with Crippen molar-refractivity contribution in [3.8, 4) is 11.7 Å². The van der Waals surface area contributed by atoms with Gasteiger partial charge >= 0.3 is 0 Å². The molecule has 5 heterocycles. The molecule has 1 aliphatic heterocycles. The molecule has 4 aromatic rings. The standard InChI is InChI=1S/C23H27N7O/c1-17-11-18(2)30(27-17)22-12-23(25-16-24-22)31-15-19-6-9-28(10-7-19)13-20-14-29-8-4-3-5-21(29)26-20/h3-5,8,11-12,14,16,19H,6-7,9-10,13,15H2,1-2H3. The molecule has 1 fully saturated rings. The molecule has 31 heavy (non-hydrogen) atoms. The van der Waals surface area contributed by atoms with E-state index in [1.165, 1.54) is 0 Å². The van der Waals surface area contributed by atoms with Gasteiger partial charge in [-0.1, -0.05) is 6.07 Å². The van der Waals surface area contributed by atoms with Crippen LogP contribution in [0.4, 0.5) is 0 Å². The van der Waals surface area contributed by atoms with Gasteiger partial charge in [-0.3, -0.25) is 4.90 Å². The minimum absolute atomic E-state index is 0.532. The number of hydrogen-bond donors (Lipinski definition) is 0. The fourth-order valence-corrected chi connectivity index (χ4v) is 4.19. The predicted octanol–water partition coefficient (Wildman–Crippen LogP) is 3.22. The Balaban J connectivity index is 1.13. The van der Waals surface area contributed by atoms with E-state index in [-0.39, 0.29) is 0 Å². The molecule has 5 rings (SSSR count). The molecule has 0 spiro atoms. The van der Waals surface area contributed by atoms with E-state index in [0.29, 0.717) is 18.4 Å². The first-order valence-corrected chi connectivity index (χ1v) is 10.8. The quantitative estimate of drug-likeness (QED) is 0.480. The molecule has 8 nitrogen and oxygen atoms in total. The van der Waals surface area contributed by atoms with Crippen LogP contribution in [0.1, 0.15) is 29.9 Å². The second-order valence-corrected chi connectivity index (χ2v) is 8.28. The van der Waals surface area contributed by atoms with Crippen LogP contribution in [0.2, 0.25) is 0 Å². The van der Waals surface area contributed by atoms with Crippen LogP contribution in [0, 0.1) is 19.8 Å². The molecule has 1 saturated heterocycles. The van der Waals surface area contributed by atoms with Crippen molar-refractivity contribution in [2.45, 2.75) is 33.2 Å². The van der Waals surface area contributed by atoms with Crippen LogP contribution >= 0.6 is 0 Å². The van der Waals surface area contributed by atoms with E-state index >= 15 is 0 Å². The second kappa shape index (κ2) is 8.47. The van der Waals surface area contributed by atoms with Gasteiger partial charge in [-0.2, -0.15) is 5.10 Å². The number of imidazole rings is 1. The molecular formula is C23H27N7O. The lowest BCUT2D eigenvalue weighted by Crippen LogP contribution is -2.35. The Morgan fingerprint density at radius 2 is 1.97 bits per heavy atom. The van der Waals surface area contributed by atoms with Gasteiger partial charge in [0.1, 0.15) is 12.0 Å². The lowest BCUT2D eigenvalue weighted by Gasteiger charge is -2.31. The van der Waals surface area contributed by atoms with Gasteiger partial charge < -0.3 is 9.14 Å². The van der Waals surface area contributed by atoms with Crippen molar-refractivity contribution in [3.63, 3.8) is 0 Å². The normalized spacial score (nSPS) is 15.5. The zero-order valence-corrected chi connectivity index (χ0v) is 18.0. The summed E-state index contributed by atoms with van der Waals surface area (Å²) >= 11 is 0. The molecule has 0 aliphatic carbocycles. The van der Waals surface area contributed by atoms with E-state index in [1.54, 1.807) is 6.33 Å². The van der Waals surface area contributed by atoms with Crippen molar-refractivity contribution in [3.05, 3.63) is 66.1 Å². The van der Waals surface area contributed by atoms with E-state index in [0.717, 1.165) is 61.0 Å². The average Bonchev–Trinajstić information content (AvgIpc) is 3.35. The van der Waals surface area contributed by atoms with Crippen LogP contribution in [0.3, 0.4) is 0 Å². The van der Waals surface area contributed by atoms with Gasteiger partial charge in [0.2, 0.25) is 5.88 Å². The number of fused-ring (bicyclic) bond motifs is 1. The van der Waals surface area contributed by atoms with Crippen molar-refractivity contribution < 1.29 is 4.74 Å². The summed E-state index contributed by atoms with van der Waals surface area (Å²) < 4.78 is 9.92. The molecule has 0 saturated carbocycles. The Bertz CT molecular complexity index is 1140. The second-order valence-electron chi connectivity index (χ2n) is 8.28. The number of nitrogens with zero attached hydrogens (tertiary/aromatic N) is 7. The van der Waals surface area contributed by atoms with Gasteiger partial charge in [-0.05, 0) is 63.9 Å². The van der Waals surface area contributed by atoms with Gasteiger partial charge in [0.05, 0.1) is 18.0 Å². The zero-order valence-electron chi connectivity index (χ0n) is 18.0. The highest BCUT2D eigenvalue weighted by Gasteiger charge is 2.21. The number of aromatic nitrogens is 6. The molecule has 0 N–H and O–H groups in total. The number of hydrogen-bond acceptors (Lipinski definition) is 6. The van der Waals surface area contributed by atoms with Crippen LogP contribution in [0.25, 0.3) is 11.5 Å². The molecule has 0 bridgehead atoms. The number of rotatable bonds is 6. The summed E-state index contributed by atoms with van der Waals surface area (Å²) in [6, 6.07) is 9.98. The first-order chi connectivity index (χ1) is 15.1. The number of ether oxygens (including phenoxy) is 1. The van der Waals surface area contributed by atoms with Gasteiger partial charge in [-0.25, -0.2) is 19.6 Å². The van der Waals surface area contributed by atoms with Crippen molar-refractivity contribution in [2.24, 2.45) is 5.92 Å². The summed E-state index contributed by atoms with van der Waals surface area (Å²) in [7, 11) is 0. The maximum atomic E-state index is 6.02. The summed E-state index contributed by atoms with van der Waals surface area (Å²) in [5, 5.41) is 4.49. The molecule has 8 heteroatoms. The summed E-state index contributed by atoms with van der Waals surface area (Å²) in [4.78, 5) is 15.8. The first kappa shape index (κ1) is 19.7. The molecule has 1 aliphatic rings. The maximum Gasteiger partial charge on any atom is 0.218 e. The third-order valence-electron chi connectivity index (χ3n) is 5.83. The topological polar surface area (TPSA) is 73.4 Å². The lowest BCUT2D eigenvalue weighted by atomic mass is 9.98. The Morgan fingerprint density at radius 1 is 1.10 bits per heavy atom. The van der Waals surface area contributed by atoms with E-state index in [1.807, 2.05) is 55.1 Å². The summed E-state index contributed by atoms with van der Waals surface area (Å²) in [5.41, 5.74) is 4.14. The van der Waals surface area contributed by atoms with E-state index < -0.39 is 0 Å². The Kier molecular flexibility index (Phi) is 5.38. The third-order valence-corrected chi connectivity index (χ3v) is 5.83. The van der Waals surface area contributed by atoms with Crippen molar-refractivity contribution in [1.82, 2.24) is 34.0 Å². The number of aryl methyl sites for hydroxylation is 2. The maximum absolute atomic E-state index is 6.02. The fourth-order valence-electron chi connectivity index (χ4n) is 4.19. The van der Waals surface area contributed by atoms with Crippen LogP contribution < -0.4 is 4.74 Å². The number of piperidine rings is 1. The molecular weight excluding hydrogens is 390 g/mol. The third kappa shape index (κ3) is 4.44. The number of likely N-dealkylation sites (tertiary alicyclic amines) is 1. The number of pyridine rings is 1. The predicted molar refractivity (Wildman–Crippen MR) is 117 cm³/mol. The first-order valence-electron chi connectivity index (χ1n) is 10.8. The Morgan fingerprint density at radius 3 is 2.74 bits per heavy atom. The van der Waals surface area contributed by atoms with Crippen molar-refractivity contribution in [1.29, 1.82) is 0 Å². The highest BCUT2D eigenvalue weighted by atomic mass is 16.5. The smallest absolute Gasteiger partial charge is 0.218 e. The summed E-state index contributed by atoms with van der Waals surface area (Å²) in [6.07, 6.45) is 7.94. The van der Waals surface area contributed by atoms with E-state index in [2.05, 4.69) is 30.6 Å². The zero-order chi connectivity index (χ0) is 21.2. The van der Waals surface area contributed by atoms with Gasteiger partial charge in [0.25, 0.3) is 0 Å². The van der Waals surface area contributed by atoms with Crippen LogP contribution in [-0.2, 0) is 6.54 Å². The highest BCUT2D eigenvalue weighted by molar-refractivity contribution is 5.39. The molecule has 160 valence electrons.